The number of carbonyl (C=O) groups excluding carboxylic acids is 1. The van der Waals surface area contributed by atoms with Gasteiger partial charge in [-0.05, 0) is 37.0 Å². The Labute approximate surface area is 106 Å². The number of ketones is 1. The Kier molecular flexibility index (Phi) is 3.95. The average molecular weight is 236 g/mol. The third-order valence-corrected chi connectivity index (χ3v) is 5.27. The van der Waals surface area contributed by atoms with Gasteiger partial charge in [-0.15, -0.1) is 0 Å². The van der Waals surface area contributed by atoms with Gasteiger partial charge in [-0.2, -0.15) is 0 Å². The summed E-state index contributed by atoms with van der Waals surface area (Å²) in [5, 5.41) is 0. The van der Waals surface area contributed by atoms with E-state index in [0.29, 0.717) is 17.6 Å². The van der Waals surface area contributed by atoms with Crippen LogP contribution in [0.15, 0.2) is 0 Å². The topological polar surface area (TPSA) is 17.1 Å². The van der Waals surface area contributed by atoms with E-state index in [1.807, 2.05) is 0 Å². The van der Waals surface area contributed by atoms with Crippen LogP contribution in [0.1, 0.15) is 72.1 Å². The van der Waals surface area contributed by atoms with Crippen molar-refractivity contribution in [3.05, 3.63) is 0 Å². The number of hydrogen-bond acceptors (Lipinski definition) is 1. The van der Waals surface area contributed by atoms with Gasteiger partial charge in [0.15, 0.2) is 0 Å². The van der Waals surface area contributed by atoms with Crippen molar-refractivity contribution in [3.8, 4) is 0 Å². The van der Waals surface area contributed by atoms with Crippen LogP contribution in [-0.4, -0.2) is 5.78 Å². The van der Waals surface area contributed by atoms with Gasteiger partial charge in [0, 0.05) is 11.8 Å². The quantitative estimate of drug-likeness (QED) is 0.685. The highest BCUT2D eigenvalue weighted by atomic mass is 16.1. The zero-order valence-electron chi connectivity index (χ0n) is 11.8. The Bertz CT molecular complexity index is 271. The minimum Gasteiger partial charge on any atom is -0.299 e. The summed E-state index contributed by atoms with van der Waals surface area (Å²) in [5.41, 5.74) is 0.262. The minimum atomic E-state index is 0.262. The summed E-state index contributed by atoms with van der Waals surface area (Å²) in [6.45, 7) is 6.94. The van der Waals surface area contributed by atoms with Gasteiger partial charge < -0.3 is 0 Å². The number of Topliss-reactive ketones (excluding diaryl/α,β-unsaturated/α-hetero) is 1. The molecule has 1 atom stereocenters. The van der Waals surface area contributed by atoms with Crippen LogP contribution < -0.4 is 0 Å². The van der Waals surface area contributed by atoms with Crippen molar-refractivity contribution in [1.29, 1.82) is 0 Å². The summed E-state index contributed by atoms with van der Waals surface area (Å²) in [4.78, 5) is 12.7. The number of hydrogen-bond donors (Lipinski definition) is 0. The van der Waals surface area contributed by atoms with Gasteiger partial charge >= 0.3 is 0 Å². The van der Waals surface area contributed by atoms with Crippen LogP contribution in [-0.2, 0) is 4.79 Å². The van der Waals surface area contributed by atoms with Gasteiger partial charge in [0.05, 0.1) is 0 Å². The first-order chi connectivity index (χ1) is 8.00. The van der Waals surface area contributed by atoms with Crippen LogP contribution in [0, 0.1) is 23.2 Å². The van der Waals surface area contributed by atoms with Gasteiger partial charge in [-0.1, -0.05) is 46.5 Å². The Morgan fingerprint density at radius 2 is 1.65 bits per heavy atom. The van der Waals surface area contributed by atoms with Gasteiger partial charge in [0.2, 0.25) is 0 Å². The summed E-state index contributed by atoms with van der Waals surface area (Å²) in [5.74, 6) is 2.21. The van der Waals surface area contributed by atoms with Crippen LogP contribution in [0.5, 0.6) is 0 Å². The number of rotatable bonds is 2. The van der Waals surface area contributed by atoms with Crippen LogP contribution in [0.25, 0.3) is 0 Å². The Morgan fingerprint density at radius 1 is 1.00 bits per heavy atom. The molecule has 0 spiro atoms. The van der Waals surface area contributed by atoms with E-state index < -0.39 is 0 Å². The highest BCUT2D eigenvalue weighted by molar-refractivity contribution is 5.84. The molecule has 0 aliphatic heterocycles. The number of carbonyl (C=O) groups is 1. The molecule has 2 saturated carbocycles. The monoisotopic (exact) mass is 236 g/mol. The first-order valence-corrected chi connectivity index (χ1v) is 7.54. The lowest BCUT2D eigenvalue weighted by molar-refractivity contribution is -0.133. The molecular weight excluding hydrogens is 208 g/mol. The molecule has 0 bridgehead atoms. The van der Waals surface area contributed by atoms with Gasteiger partial charge in [0.1, 0.15) is 5.78 Å². The van der Waals surface area contributed by atoms with Gasteiger partial charge in [0.25, 0.3) is 0 Å². The summed E-state index contributed by atoms with van der Waals surface area (Å²) < 4.78 is 0. The Morgan fingerprint density at radius 3 is 2.24 bits per heavy atom. The van der Waals surface area contributed by atoms with Crippen molar-refractivity contribution >= 4 is 5.78 Å². The molecule has 0 N–H and O–H groups in total. The molecule has 1 unspecified atom stereocenters. The molecule has 0 amide bonds. The molecule has 2 rings (SSSR count). The predicted octanol–water partition coefficient (Wildman–Crippen LogP) is 4.60. The molecule has 2 aliphatic rings. The first-order valence-electron chi connectivity index (χ1n) is 7.54. The van der Waals surface area contributed by atoms with Crippen LogP contribution in [0.4, 0.5) is 0 Å². The van der Waals surface area contributed by atoms with Crippen molar-refractivity contribution in [2.45, 2.75) is 72.1 Å². The highest BCUT2D eigenvalue weighted by Crippen LogP contribution is 2.44. The SMILES string of the molecule is CC1CCC(C(=O)C2CCCCC2(C)C)CC1. The molecule has 0 heterocycles. The molecule has 0 aromatic rings. The molecule has 2 fully saturated rings. The second-order valence-electron chi connectivity index (χ2n) is 7.15. The fraction of sp³-hybridized carbons (Fsp3) is 0.938. The normalized spacial score (nSPS) is 37.7. The molecule has 0 aromatic carbocycles. The summed E-state index contributed by atoms with van der Waals surface area (Å²) in [6.07, 6.45) is 9.83. The highest BCUT2D eigenvalue weighted by Gasteiger charge is 2.40. The largest absolute Gasteiger partial charge is 0.299 e. The fourth-order valence-electron chi connectivity index (χ4n) is 3.85. The van der Waals surface area contributed by atoms with E-state index in [4.69, 9.17) is 0 Å². The molecule has 2 aliphatic carbocycles. The second kappa shape index (κ2) is 5.12. The lowest BCUT2D eigenvalue weighted by atomic mass is 9.64. The molecule has 0 aromatic heterocycles. The molecular formula is C16H28O. The van der Waals surface area contributed by atoms with Crippen molar-refractivity contribution in [2.24, 2.45) is 23.2 Å². The van der Waals surface area contributed by atoms with Gasteiger partial charge in [-0.25, -0.2) is 0 Å². The molecule has 0 radical (unpaired) electrons. The van der Waals surface area contributed by atoms with E-state index in [1.165, 1.54) is 32.1 Å². The van der Waals surface area contributed by atoms with Crippen LogP contribution in [0.3, 0.4) is 0 Å². The van der Waals surface area contributed by atoms with Crippen LogP contribution >= 0.6 is 0 Å². The third-order valence-electron chi connectivity index (χ3n) is 5.27. The standard InChI is InChI=1S/C16H28O/c1-12-7-9-13(10-8-12)15(17)14-6-4-5-11-16(14,2)3/h12-14H,4-11H2,1-3H3. The maximum Gasteiger partial charge on any atom is 0.139 e. The van der Waals surface area contributed by atoms with Crippen molar-refractivity contribution in [1.82, 2.24) is 0 Å². The second-order valence-corrected chi connectivity index (χ2v) is 7.15. The van der Waals surface area contributed by atoms with Crippen molar-refractivity contribution in [3.63, 3.8) is 0 Å². The van der Waals surface area contributed by atoms with Crippen LogP contribution in [0.2, 0.25) is 0 Å². The zero-order chi connectivity index (χ0) is 12.5. The van der Waals surface area contributed by atoms with E-state index in [-0.39, 0.29) is 5.41 Å². The maximum absolute atomic E-state index is 12.7. The molecule has 1 heteroatoms. The first kappa shape index (κ1) is 13.1. The van der Waals surface area contributed by atoms with E-state index in [9.17, 15) is 4.79 Å². The summed E-state index contributed by atoms with van der Waals surface area (Å²) in [7, 11) is 0. The van der Waals surface area contributed by atoms with E-state index in [1.54, 1.807) is 0 Å². The van der Waals surface area contributed by atoms with E-state index in [0.717, 1.165) is 25.2 Å². The Balaban J connectivity index is 1.99. The maximum atomic E-state index is 12.7. The third kappa shape index (κ3) is 2.92. The minimum absolute atomic E-state index is 0.262. The summed E-state index contributed by atoms with van der Waals surface area (Å²) in [6, 6.07) is 0. The molecule has 98 valence electrons. The zero-order valence-corrected chi connectivity index (χ0v) is 11.8. The smallest absolute Gasteiger partial charge is 0.139 e. The Hall–Kier alpha value is -0.330. The van der Waals surface area contributed by atoms with E-state index in [2.05, 4.69) is 20.8 Å². The molecule has 17 heavy (non-hydrogen) atoms. The molecule has 1 nitrogen and oxygen atoms in total. The predicted molar refractivity (Wildman–Crippen MR) is 71.9 cm³/mol. The lowest BCUT2D eigenvalue weighted by Crippen LogP contribution is -2.38. The van der Waals surface area contributed by atoms with Crippen molar-refractivity contribution in [2.75, 3.05) is 0 Å². The average Bonchev–Trinajstić information content (AvgIpc) is 2.28. The van der Waals surface area contributed by atoms with E-state index >= 15 is 0 Å². The fourth-order valence-corrected chi connectivity index (χ4v) is 3.85. The van der Waals surface area contributed by atoms with Gasteiger partial charge in [-0.3, -0.25) is 4.79 Å². The molecule has 0 saturated heterocycles. The van der Waals surface area contributed by atoms with Crippen molar-refractivity contribution < 1.29 is 4.79 Å². The lowest BCUT2D eigenvalue weighted by Gasteiger charge is -2.40. The summed E-state index contributed by atoms with van der Waals surface area (Å²) >= 11 is 0.